The molecule has 0 atom stereocenters. The number of hydrogen-bond acceptors (Lipinski definition) is 3. The summed E-state index contributed by atoms with van der Waals surface area (Å²) in [4.78, 5) is 12.6. The number of aromatic nitrogens is 2. The molecule has 0 saturated heterocycles. The number of nitrogens with one attached hydrogen (secondary N) is 1. The first-order valence-electron chi connectivity index (χ1n) is 9.31. The van der Waals surface area contributed by atoms with Crippen molar-refractivity contribution in [3.63, 3.8) is 0 Å². The molecule has 0 bridgehead atoms. The summed E-state index contributed by atoms with van der Waals surface area (Å²) in [6.07, 6.45) is 0. The number of fused-ring (bicyclic) bond motifs is 1. The second-order valence-corrected chi connectivity index (χ2v) is 7.87. The van der Waals surface area contributed by atoms with E-state index in [0.29, 0.717) is 27.5 Å². The fourth-order valence-electron chi connectivity index (χ4n) is 3.24. The van der Waals surface area contributed by atoms with Crippen LogP contribution < -0.4 is 5.32 Å². The van der Waals surface area contributed by atoms with Gasteiger partial charge in [-0.25, -0.2) is 9.07 Å². The lowest BCUT2D eigenvalue weighted by atomic mass is 10.1. The second kappa shape index (κ2) is 7.55. The molecule has 0 radical (unpaired) electrons. The van der Waals surface area contributed by atoms with Crippen molar-refractivity contribution >= 4 is 28.4 Å². The molecule has 1 heterocycles. The number of nitrogens with zero attached hydrogens (tertiary/aromatic N) is 2. The molecule has 5 nitrogen and oxygen atoms in total. The molecule has 7 heteroatoms. The first-order valence-corrected chi connectivity index (χ1v) is 9.69. The summed E-state index contributed by atoms with van der Waals surface area (Å²) in [7, 11) is 0. The van der Waals surface area contributed by atoms with Crippen molar-refractivity contribution in [2.24, 2.45) is 0 Å². The fourth-order valence-corrected chi connectivity index (χ4v) is 3.46. The van der Waals surface area contributed by atoms with Gasteiger partial charge in [-0.3, -0.25) is 4.79 Å². The van der Waals surface area contributed by atoms with Crippen LogP contribution in [0.1, 0.15) is 24.2 Å². The van der Waals surface area contributed by atoms with E-state index in [-0.39, 0.29) is 5.82 Å². The van der Waals surface area contributed by atoms with Gasteiger partial charge in [0, 0.05) is 16.5 Å². The predicted molar refractivity (Wildman–Crippen MR) is 115 cm³/mol. The molecule has 4 rings (SSSR count). The lowest BCUT2D eigenvalue weighted by Crippen LogP contribution is -2.43. The molecular formula is C23H19ClFN3O2. The Morgan fingerprint density at radius 1 is 1.10 bits per heavy atom. The fraction of sp³-hybridized carbons (Fsp3) is 0.130. The zero-order chi connectivity index (χ0) is 21.5. The SMILES string of the molecule is CC(C)(O)NC(=O)c1ccc2c(-c3ccccc3Cl)nn(-c3ccc(F)cc3)c2c1. The van der Waals surface area contributed by atoms with Gasteiger partial charge in [-0.1, -0.05) is 29.8 Å². The van der Waals surface area contributed by atoms with E-state index >= 15 is 0 Å². The Kier molecular flexibility index (Phi) is 5.05. The lowest BCUT2D eigenvalue weighted by Gasteiger charge is -2.19. The van der Waals surface area contributed by atoms with E-state index in [1.807, 2.05) is 18.2 Å². The maximum Gasteiger partial charge on any atom is 0.253 e. The minimum Gasteiger partial charge on any atom is -0.372 e. The Bertz CT molecular complexity index is 1240. The van der Waals surface area contributed by atoms with Crippen LogP contribution in [0, 0.1) is 5.82 Å². The van der Waals surface area contributed by atoms with E-state index in [1.165, 1.54) is 26.0 Å². The number of carbonyl (C=O) groups excluding carboxylic acids is 1. The molecule has 0 saturated carbocycles. The summed E-state index contributed by atoms with van der Waals surface area (Å²) in [5, 5.41) is 18.5. The zero-order valence-electron chi connectivity index (χ0n) is 16.4. The first kappa shape index (κ1) is 20.1. The van der Waals surface area contributed by atoms with Crippen LogP contribution in [0.3, 0.4) is 0 Å². The molecule has 0 aliphatic heterocycles. The maximum absolute atomic E-state index is 13.4. The highest BCUT2D eigenvalue weighted by atomic mass is 35.5. The van der Waals surface area contributed by atoms with Crippen LogP contribution in [0.2, 0.25) is 5.02 Å². The van der Waals surface area contributed by atoms with Crippen LogP contribution in [-0.2, 0) is 0 Å². The van der Waals surface area contributed by atoms with E-state index in [0.717, 1.165) is 10.9 Å². The summed E-state index contributed by atoms with van der Waals surface area (Å²) in [6, 6.07) is 18.4. The minimum absolute atomic E-state index is 0.355. The highest BCUT2D eigenvalue weighted by Crippen LogP contribution is 2.34. The number of aliphatic hydroxyl groups is 1. The molecule has 2 N–H and O–H groups in total. The number of carbonyl (C=O) groups is 1. The number of rotatable bonds is 4. The third kappa shape index (κ3) is 3.92. The smallest absolute Gasteiger partial charge is 0.253 e. The summed E-state index contributed by atoms with van der Waals surface area (Å²) in [6.45, 7) is 2.98. The Morgan fingerprint density at radius 3 is 2.47 bits per heavy atom. The Morgan fingerprint density at radius 2 is 1.80 bits per heavy atom. The average Bonchev–Trinajstić information content (AvgIpc) is 3.06. The molecule has 4 aromatic rings. The third-order valence-corrected chi connectivity index (χ3v) is 4.89. The predicted octanol–water partition coefficient (Wildman–Crippen LogP) is 4.94. The van der Waals surface area contributed by atoms with E-state index in [9.17, 15) is 14.3 Å². The summed E-state index contributed by atoms with van der Waals surface area (Å²) >= 11 is 6.40. The van der Waals surface area contributed by atoms with Gasteiger partial charge in [0.05, 0.1) is 16.2 Å². The highest BCUT2D eigenvalue weighted by Gasteiger charge is 2.20. The molecule has 0 aliphatic carbocycles. The van der Waals surface area contributed by atoms with Crippen molar-refractivity contribution in [3.05, 3.63) is 83.1 Å². The number of halogens is 2. The average molecular weight is 424 g/mol. The third-order valence-electron chi connectivity index (χ3n) is 4.56. The molecule has 3 aromatic carbocycles. The second-order valence-electron chi connectivity index (χ2n) is 7.46. The molecule has 152 valence electrons. The summed E-state index contributed by atoms with van der Waals surface area (Å²) < 4.78 is 15.1. The van der Waals surface area contributed by atoms with Crippen molar-refractivity contribution in [2.45, 2.75) is 19.6 Å². The number of hydrogen-bond donors (Lipinski definition) is 2. The van der Waals surface area contributed by atoms with Gasteiger partial charge in [0.15, 0.2) is 0 Å². The van der Waals surface area contributed by atoms with Crippen LogP contribution in [0.4, 0.5) is 4.39 Å². The normalized spacial score (nSPS) is 11.6. The van der Waals surface area contributed by atoms with E-state index in [4.69, 9.17) is 16.7 Å². The quantitative estimate of drug-likeness (QED) is 0.457. The number of amides is 1. The molecular weight excluding hydrogens is 405 g/mol. The summed E-state index contributed by atoms with van der Waals surface area (Å²) in [5.41, 5.74) is 1.69. The van der Waals surface area contributed by atoms with Gasteiger partial charge in [-0.2, -0.15) is 5.10 Å². The largest absolute Gasteiger partial charge is 0.372 e. The van der Waals surface area contributed by atoms with Crippen molar-refractivity contribution < 1.29 is 14.3 Å². The minimum atomic E-state index is -1.36. The van der Waals surface area contributed by atoms with Gasteiger partial charge in [-0.15, -0.1) is 0 Å². The molecule has 0 unspecified atom stereocenters. The number of benzene rings is 3. The standard InChI is InChI=1S/C23H19ClFN3O2/c1-23(2,30)26-22(29)14-7-12-18-20(13-14)28(16-10-8-15(25)9-11-16)27-21(18)17-5-3-4-6-19(17)24/h3-13,30H,1-2H3,(H,26,29). The van der Waals surface area contributed by atoms with Gasteiger partial charge >= 0.3 is 0 Å². The Labute approximate surface area is 177 Å². The molecule has 1 amide bonds. The van der Waals surface area contributed by atoms with Gasteiger partial charge in [0.1, 0.15) is 17.2 Å². The van der Waals surface area contributed by atoms with Crippen LogP contribution >= 0.6 is 11.6 Å². The van der Waals surface area contributed by atoms with Crippen LogP contribution in [0.5, 0.6) is 0 Å². The van der Waals surface area contributed by atoms with Crippen molar-refractivity contribution in [1.29, 1.82) is 0 Å². The van der Waals surface area contributed by atoms with E-state index < -0.39 is 11.6 Å². The van der Waals surface area contributed by atoms with Crippen molar-refractivity contribution in [2.75, 3.05) is 0 Å². The van der Waals surface area contributed by atoms with Crippen LogP contribution in [0.25, 0.3) is 27.8 Å². The zero-order valence-corrected chi connectivity index (χ0v) is 17.1. The highest BCUT2D eigenvalue weighted by molar-refractivity contribution is 6.33. The van der Waals surface area contributed by atoms with Gasteiger partial charge in [0.25, 0.3) is 5.91 Å². The molecule has 0 aliphatic rings. The maximum atomic E-state index is 13.4. The van der Waals surface area contributed by atoms with E-state index in [2.05, 4.69) is 5.32 Å². The molecule has 0 fully saturated rings. The first-order chi connectivity index (χ1) is 14.2. The Hall–Kier alpha value is -3.22. The lowest BCUT2D eigenvalue weighted by molar-refractivity contribution is 0.0376. The summed E-state index contributed by atoms with van der Waals surface area (Å²) in [5.74, 6) is -0.776. The van der Waals surface area contributed by atoms with E-state index in [1.54, 1.807) is 41.1 Å². The van der Waals surface area contributed by atoms with Gasteiger partial charge in [-0.05, 0) is 62.4 Å². The topological polar surface area (TPSA) is 67.2 Å². The van der Waals surface area contributed by atoms with Crippen molar-refractivity contribution in [1.82, 2.24) is 15.1 Å². The monoisotopic (exact) mass is 423 g/mol. The molecule has 0 spiro atoms. The molecule has 30 heavy (non-hydrogen) atoms. The molecule has 1 aromatic heterocycles. The van der Waals surface area contributed by atoms with Gasteiger partial charge in [0.2, 0.25) is 0 Å². The van der Waals surface area contributed by atoms with Crippen LogP contribution in [-0.4, -0.2) is 26.5 Å². The van der Waals surface area contributed by atoms with Crippen molar-refractivity contribution in [3.8, 4) is 16.9 Å². The van der Waals surface area contributed by atoms with Gasteiger partial charge < -0.3 is 10.4 Å². The van der Waals surface area contributed by atoms with Crippen LogP contribution in [0.15, 0.2) is 66.7 Å². The Balaban J connectivity index is 1.93.